The van der Waals surface area contributed by atoms with E-state index in [1.54, 1.807) is 0 Å². The van der Waals surface area contributed by atoms with Gasteiger partial charge in [-0.25, -0.2) is 0 Å². The number of hydrogen-bond acceptors (Lipinski definition) is 4. The fourth-order valence-electron chi connectivity index (χ4n) is 3.33. The van der Waals surface area contributed by atoms with E-state index in [0.717, 1.165) is 11.1 Å². The first-order chi connectivity index (χ1) is 15.2. The molecular weight excluding hydrogens is 386 g/mol. The second kappa shape index (κ2) is 9.94. The maximum atomic E-state index is 10.7. The second-order valence-corrected chi connectivity index (χ2v) is 7.32. The van der Waals surface area contributed by atoms with Gasteiger partial charge in [0.05, 0.1) is 12.1 Å². The van der Waals surface area contributed by atoms with Crippen molar-refractivity contribution in [3.8, 4) is 23.0 Å². The van der Waals surface area contributed by atoms with Crippen LogP contribution < -0.4 is 15.2 Å². The molecule has 4 nitrogen and oxygen atoms in total. The number of benzene rings is 4. The molecule has 2 atom stereocenters. The van der Waals surface area contributed by atoms with E-state index in [9.17, 15) is 5.11 Å². The summed E-state index contributed by atoms with van der Waals surface area (Å²) >= 11 is 0. The lowest BCUT2D eigenvalue weighted by Gasteiger charge is -2.21. The van der Waals surface area contributed by atoms with Gasteiger partial charge in [0.2, 0.25) is 0 Å². The van der Waals surface area contributed by atoms with Crippen LogP contribution in [0.5, 0.6) is 23.0 Å². The van der Waals surface area contributed by atoms with E-state index in [-0.39, 0.29) is 0 Å². The summed E-state index contributed by atoms with van der Waals surface area (Å²) in [5.74, 6) is 2.51. The van der Waals surface area contributed by atoms with E-state index >= 15 is 0 Å². The van der Waals surface area contributed by atoms with Gasteiger partial charge in [-0.05, 0) is 47.5 Å². The minimum atomic E-state index is -0.729. The van der Waals surface area contributed by atoms with E-state index in [1.165, 1.54) is 0 Å². The second-order valence-electron chi connectivity index (χ2n) is 7.32. The molecule has 156 valence electrons. The van der Waals surface area contributed by atoms with Crippen LogP contribution in [0.2, 0.25) is 0 Å². The van der Waals surface area contributed by atoms with Gasteiger partial charge in [-0.2, -0.15) is 0 Å². The van der Waals surface area contributed by atoms with Gasteiger partial charge in [0, 0.05) is 6.42 Å². The molecular formula is C27H25NO3. The lowest BCUT2D eigenvalue weighted by molar-refractivity contribution is 0.145. The molecule has 0 saturated carbocycles. The maximum absolute atomic E-state index is 10.7. The van der Waals surface area contributed by atoms with Crippen LogP contribution in [0.4, 0.5) is 0 Å². The Balaban J connectivity index is 1.60. The van der Waals surface area contributed by atoms with Crippen molar-refractivity contribution in [2.45, 2.75) is 18.6 Å². The highest BCUT2D eigenvalue weighted by atomic mass is 16.5. The largest absolute Gasteiger partial charge is 0.453 e. The molecule has 0 aromatic heterocycles. The summed E-state index contributed by atoms with van der Waals surface area (Å²) in [6, 6.07) is 33.8. The Labute approximate surface area is 182 Å². The summed E-state index contributed by atoms with van der Waals surface area (Å²) in [6.07, 6.45) is -0.257. The smallest absolute Gasteiger partial charge is 0.170 e. The number of para-hydroxylation sites is 2. The standard InChI is InChI=1S/C27H25NO3/c28-27(24(29)18-20-10-4-1-5-11-20)21-16-17-25(30-22-12-6-2-7-13-22)26(19-21)31-23-14-8-3-9-15-23/h1-17,19,24,27,29H,18,28H2/t24-,27+/m1/s1. The molecule has 0 aliphatic heterocycles. The third kappa shape index (κ3) is 5.51. The van der Waals surface area contributed by atoms with E-state index in [4.69, 9.17) is 15.2 Å². The van der Waals surface area contributed by atoms with Gasteiger partial charge in [0.1, 0.15) is 11.5 Å². The summed E-state index contributed by atoms with van der Waals surface area (Å²) in [6.45, 7) is 0. The number of hydrogen-bond donors (Lipinski definition) is 2. The first kappa shape index (κ1) is 20.7. The van der Waals surface area contributed by atoms with Crippen molar-refractivity contribution in [1.82, 2.24) is 0 Å². The average molecular weight is 412 g/mol. The topological polar surface area (TPSA) is 64.7 Å². The van der Waals surface area contributed by atoms with Crippen molar-refractivity contribution < 1.29 is 14.6 Å². The molecule has 4 aromatic rings. The normalized spacial score (nSPS) is 12.7. The Hall–Kier alpha value is -3.60. The predicted octanol–water partition coefficient (Wildman–Crippen LogP) is 5.87. The molecule has 0 aliphatic carbocycles. The van der Waals surface area contributed by atoms with Crippen molar-refractivity contribution in [3.63, 3.8) is 0 Å². The van der Waals surface area contributed by atoms with Crippen LogP contribution in [0.15, 0.2) is 109 Å². The van der Waals surface area contributed by atoms with Crippen molar-refractivity contribution >= 4 is 0 Å². The molecule has 0 amide bonds. The zero-order chi connectivity index (χ0) is 21.5. The van der Waals surface area contributed by atoms with Gasteiger partial charge >= 0.3 is 0 Å². The monoisotopic (exact) mass is 411 g/mol. The zero-order valence-electron chi connectivity index (χ0n) is 17.1. The Morgan fingerprint density at radius 3 is 1.74 bits per heavy atom. The highest BCUT2D eigenvalue weighted by molar-refractivity contribution is 5.48. The number of rotatable bonds is 8. The molecule has 0 heterocycles. The van der Waals surface area contributed by atoms with Gasteiger partial charge in [-0.3, -0.25) is 0 Å². The molecule has 0 aliphatic rings. The Morgan fingerprint density at radius 2 is 1.16 bits per heavy atom. The lowest BCUT2D eigenvalue weighted by Crippen LogP contribution is -2.28. The van der Waals surface area contributed by atoms with Gasteiger partial charge in [0.15, 0.2) is 11.5 Å². The van der Waals surface area contributed by atoms with Crippen molar-refractivity contribution in [2.24, 2.45) is 5.73 Å². The summed E-state index contributed by atoms with van der Waals surface area (Å²) in [5, 5.41) is 10.7. The molecule has 0 fully saturated rings. The van der Waals surface area contributed by atoms with Crippen LogP contribution in [0.1, 0.15) is 17.2 Å². The molecule has 0 spiro atoms. The summed E-state index contributed by atoms with van der Waals surface area (Å²) in [5.41, 5.74) is 8.22. The highest BCUT2D eigenvalue weighted by Crippen LogP contribution is 2.37. The van der Waals surface area contributed by atoms with Crippen LogP contribution in [0, 0.1) is 0 Å². The van der Waals surface area contributed by atoms with Crippen LogP contribution >= 0.6 is 0 Å². The fraction of sp³-hybridized carbons (Fsp3) is 0.111. The van der Waals surface area contributed by atoms with Crippen molar-refractivity contribution in [3.05, 3.63) is 120 Å². The SMILES string of the molecule is N[C@@H](c1ccc(Oc2ccccc2)c(Oc2ccccc2)c1)[C@H](O)Cc1ccccc1. The maximum Gasteiger partial charge on any atom is 0.170 e. The molecule has 4 heteroatoms. The van der Waals surface area contributed by atoms with E-state index in [2.05, 4.69) is 0 Å². The lowest BCUT2D eigenvalue weighted by atomic mass is 9.96. The minimum absolute atomic E-state index is 0.471. The number of nitrogens with two attached hydrogens (primary N) is 1. The van der Waals surface area contributed by atoms with E-state index in [1.807, 2.05) is 109 Å². The molecule has 4 rings (SSSR count). The van der Waals surface area contributed by atoms with E-state index in [0.29, 0.717) is 29.4 Å². The molecule has 0 unspecified atom stereocenters. The molecule has 31 heavy (non-hydrogen) atoms. The first-order valence-corrected chi connectivity index (χ1v) is 10.3. The first-order valence-electron chi connectivity index (χ1n) is 10.3. The predicted molar refractivity (Wildman–Crippen MR) is 123 cm³/mol. The Morgan fingerprint density at radius 1 is 0.645 bits per heavy atom. The van der Waals surface area contributed by atoms with Gasteiger partial charge in [-0.1, -0.05) is 72.8 Å². The summed E-state index contributed by atoms with van der Waals surface area (Å²) in [7, 11) is 0. The molecule has 0 bridgehead atoms. The summed E-state index contributed by atoms with van der Waals surface area (Å²) < 4.78 is 12.2. The van der Waals surface area contributed by atoms with Crippen LogP contribution in [0.25, 0.3) is 0 Å². The molecule has 4 aromatic carbocycles. The van der Waals surface area contributed by atoms with E-state index < -0.39 is 12.1 Å². The minimum Gasteiger partial charge on any atom is -0.453 e. The van der Waals surface area contributed by atoms with Gasteiger partial charge in [0.25, 0.3) is 0 Å². The quantitative estimate of drug-likeness (QED) is 0.380. The fourth-order valence-corrected chi connectivity index (χ4v) is 3.33. The van der Waals surface area contributed by atoms with Crippen LogP contribution in [-0.2, 0) is 6.42 Å². The molecule has 0 radical (unpaired) electrons. The third-order valence-corrected chi connectivity index (χ3v) is 5.00. The van der Waals surface area contributed by atoms with Crippen LogP contribution in [0.3, 0.4) is 0 Å². The third-order valence-electron chi connectivity index (χ3n) is 5.00. The number of aliphatic hydroxyl groups is 1. The van der Waals surface area contributed by atoms with Crippen LogP contribution in [-0.4, -0.2) is 11.2 Å². The summed E-state index contributed by atoms with van der Waals surface area (Å²) in [4.78, 5) is 0. The Bertz CT molecular complexity index is 1090. The number of ether oxygens (including phenoxy) is 2. The van der Waals surface area contributed by atoms with Gasteiger partial charge in [-0.15, -0.1) is 0 Å². The average Bonchev–Trinajstić information content (AvgIpc) is 2.82. The van der Waals surface area contributed by atoms with Crippen molar-refractivity contribution in [2.75, 3.05) is 0 Å². The number of aliphatic hydroxyl groups excluding tert-OH is 1. The zero-order valence-corrected chi connectivity index (χ0v) is 17.1. The highest BCUT2D eigenvalue weighted by Gasteiger charge is 2.20. The molecule has 0 saturated heterocycles. The van der Waals surface area contributed by atoms with Crippen molar-refractivity contribution in [1.29, 1.82) is 0 Å². The molecule has 3 N–H and O–H groups in total. The van der Waals surface area contributed by atoms with Gasteiger partial charge < -0.3 is 20.3 Å². The Kier molecular flexibility index (Phi) is 6.62.